The van der Waals surface area contributed by atoms with Gasteiger partial charge in [0.25, 0.3) is 0 Å². The van der Waals surface area contributed by atoms with E-state index in [9.17, 15) is 22.4 Å². The number of hydrogen-bond donors (Lipinski definition) is 1. The van der Waals surface area contributed by atoms with Gasteiger partial charge in [-0.05, 0) is 48.5 Å². The molecule has 154 valence electrons. The lowest BCUT2D eigenvalue weighted by Gasteiger charge is -2.32. The normalized spacial score (nSPS) is 13.8. The van der Waals surface area contributed by atoms with Crippen molar-refractivity contribution in [3.8, 4) is 0 Å². The van der Waals surface area contributed by atoms with Crippen LogP contribution in [-0.2, 0) is 12.7 Å². The van der Waals surface area contributed by atoms with Gasteiger partial charge < -0.3 is 5.32 Å². The number of carbonyl (C=O) groups is 1. The first kappa shape index (κ1) is 20.5. The van der Waals surface area contributed by atoms with Crippen LogP contribution in [0.1, 0.15) is 11.3 Å². The summed E-state index contributed by atoms with van der Waals surface area (Å²) in [4.78, 5) is 18.6. The van der Waals surface area contributed by atoms with E-state index in [0.29, 0.717) is 10.7 Å². The van der Waals surface area contributed by atoms with E-state index in [2.05, 4.69) is 10.3 Å². The molecule has 30 heavy (non-hydrogen) atoms. The van der Waals surface area contributed by atoms with Crippen molar-refractivity contribution in [3.63, 3.8) is 0 Å². The number of urea groups is 1. The summed E-state index contributed by atoms with van der Waals surface area (Å²) < 4.78 is 53.8. The molecule has 1 aromatic heterocycles. The summed E-state index contributed by atoms with van der Waals surface area (Å²) in [5, 5.41) is 2.87. The van der Waals surface area contributed by atoms with Gasteiger partial charge in [0.1, 0.15) is 10.8 Å². The van der Waals surface area contributed by atoms with Crippen molar-refractivity contribution in [2.75, 3.05) is 4.90 Å². The number of benzene rings is 2. The van der Waals surface area contributed by atoms with Crippen LogP contribution in [0.5, 0.6) is 0 Å². The fourth-order valence-electron chi connectivity index (χ4n) is 3.03. The van der Waals surface area contributed by atoms with Crippen LogP contribution in [0.15, 0.2) is 64.5 Å². The number of fused-ring (bicyclic) bond motifs is 1. The van der Waals surface area contributed by atoms with Crippen molar-refractivity contribution < 1.29 is 22.4 Å². The number of nitrogens with zero attached hydrogens (tertiary/aromatic N) is 2. The highest BCUT2D eigenvalue weighted by Crippen LogP contribution is 2.44. The van der Waals surface area contributed by atoms with E-state index in [1.807, 2.05) is 0 Å². The Morgan fingerprint density at radius 2 is 1.80 bits per heavy atom. The second-order valence-corrected chi connectivity index (χ2v) is 7.80. The molecule has 0 spiro atoms. The maximum absolute atomic E-state index is 13.6. The number of halogens is 5. The molecule has 0 aliphatic carbocycles. The van der Waals surface area contributed by atoms with Crippen molar-refractivity contribution in [3.05, 3.63) is 76.7 Å². The van der Waals surface area contributed by atoms with E-state index in [4.69, 9.17) is 11.6 Å². The van der Waals surface area contributed by atoms with Gasteiger partial charge in [-0.1, -0.05) is 29.4 Å². The number of alkyl halides is 3. The maximum Gasteiger partial charge on any atom is 0.418 e. The Morgan fingerprint density at radius 1 is 1.07 bits per heavy atom. The van der Waals surface area contributed by atoms with Crippen molar-refractivity contribution in [2.24, 2.45) is 0 Å². The summed E-state index contributed by atoms with van der Waals surface area (Å²) in [6, 6.07) is 11.5. The summed E-state index contributed by atoms with van der Waals surface area (Å²) >= 11 is 7.34. The number of aromatic nitrogens is 1. The average Bonchev–Trinajstić information content (AvgIpc) is 2.69. The molecule has 2 heterocycles. The molecular formula is C20H12ClF4N3OS. The zero-order valence-corrected chi connectivity index (χ0v) is 16.6. The summed E-state index contributed by atoms with van der Waals surface area (Å²) in [7, 11) is 0. The molecule has 1 aliphatic heterocycles. The van der Waals surface area contributed by atoms with Crippen molar-refractivity contribution >= 4 is 40.8 Å². The standard InChI is InChI=1S/C20H12ClF4N3OS/c21-14-3-1-2-13(20(23,24)25)18(14)28-16-8-9-17(27-15(16)10-26-19(28)29)30-12-6-4-11(22)5-7-12/h1-9H,10H2,(H,26,29). The van der Waals surface area contributed by atoms with Crippen LogP contribution < -0.4 is 10.2 Å². The number of rotatable bonds is 3. The van der Waals surface area contributed by atoms with Gasteiger partial charge in [-0.25, -0.2) is 14.2 Å². The summed E-state index contributed by atoms with van der Waals surface area (Å²) in [5.41, 5.74) is -0.885. The lowest BCUT2D eigenvalue weighted by Crippen LogP contribution is -2.42. The fourth-order valence-corrected chi connectivity index (χ4v) is 4.09. The SMILES string of the molecule is O=C1NCc2nc(Sc3ccc(F)cc3)ccc2N1c1c(Cl)cccc1C(F)(F)F. The molecule has 3 aromatic rings. The van der Waals surface area contributed by atoms with E-state index >= 15 is 0 Å². The lowest BCUT2D eigenvalue weighted by molar-refractivity contribution is -0.137. The van der Waals surface area contributed by atoms with Crippen LogP contribution >= 0.6 is 23.4 Å². The van der Waals surface area contributed by atoms with Gasteiger partial charge in [0.05, 0.1) is 34.2 Å². The number of pyridine rings is 1. The third-order valence-corrected chi connectivity index (χ3v) is 5.58. The van der Waals surface area contributed by atoms with Gasteiger partial charge in [0.15, 0.2) is 0 Å². The van der Waals surface area contributed by atoms with Crippen molar-refractivity contribution in [1.82, 2.24) is 10.3 Å². The van der Waals surface area contributed by atoms with E-state index in [1.165, 1.54) is 42.1 Å². The molecule has 1 N–H and O–H groups in total. The Morgan fingerprint density at radius 3 is 2.50 bits per heavy atom. The molecule has 4 rings (SSSR count). The number of amides is 2. The molecule has 0 radical (unpaired) electrons. The maximum atomic E-state index is 13.6. The molecule has 0 bridgehead atoms. The Bertz CT molecular complexity index is 1120. The first-order chi connectivity index (χ1) is 14.2. The van der Waals surface area contributed by atoms with Gasteiger partial charge in [-0.15, -0.1) is 0 Å². The molecule has 2 aromatic carbocycles. The molecule has 0 saturated carbocycles. The topological polar surface area (TPSA) is 45.2 Å². The molecule has 2 amide bonds. The molecule has 0 unspecified atom stereocenters. The number of anilines is 2. The van der Waals surface area contributed by atoms with Gasteiger partial charge in [0, 0.05) is 4.90 Å². The molecule has 1 aliphatic rings. The second kappa shape index (κ2) is 7.81. The number of hydrogen-bond acceptors (Lipinski definition) is 3. The van der Waals surface area contributed by atoms with E-state index in [0.717, 1.165) is 15.9 Å². The van der Waals surface area contributed by atoms with Crippen molar-refractivity contribution in [1.29, 1.82) is 0 Å². The van der Waals surface area contributed by atoms with Gasteiger partial charge in [0.2, 0.25) is 0 Å². The molecule has 0 fully saturated rings. The lowest BCUT2D eigenvalue weighted by atomic mass is 10.1. The smallest absolute Gasteiger partial charge is 0.332 e. The van der Waals surface area contributed by atoms with E-state index in [-0.39, 0.29) is 23.1 Å². The first-order valence-corrected chi connectivity index (χ1v) is 9.80. The number of carbonyl (C=O) groups excluding carboxylic acids is 1. The highest BCUT2D eigenvalue weighted by molar-refractivity contribution is 7.99. The van der Waals surface area contributed by atoms with Crippen molar-refractivity contribution in [2.45, 2.75) is 22.6 Å². The third kappa shape index (κ3) is 3.95. The average molecular weight is 454 g/mol. The van der Waals surface area contributed by atoms with Gasteiger partial charge >= 0.3 is 12.2 Å². The molecule has 0 atom stereocenters. The Balaban J connectivity index is 1.76. The highest BCUT2D eigenvalue weighted by Gasteiger charge is 2.39. The summed E-state index contributed by atoms with van der Waals surface area (Å²) in [6.07, 6.45) is -4.70. The van der Waals surface area contributed by atoms with E-state index < -0.39 is 23.5 Å². The molecule has 10 heteroatoms. The van der Waals surface area contributed by atoms with Crippen LogP contribution in [0.3, 0.4) is 0 Å². The second-order valence-electron chi connectivity index (χ2n) is 6.30. The van der Waals surface area contributed by atoms with Crippen LogP contribution in [0.4, 0.5) is 33.7 Å². The quantitative estimate of drug-likeness (QED) is 0.466. The van der Waals surface area contributed by atoms with Crippen LogP contribution in [-0.4, -0.2) is 11.0 Å². The zero-order chi connectivity index (χ0) is 21.5. The Kier molecular flexibility index (Phi) is 5.33. The van der Waals surface area contributed by atoms with E-state index in [1.54, 1.807) is 18.2 Å². The summed E-state index contributed by atoms with van der Waals surface area (Å²) in [5.74, 6) is -0.365. The predicted octanol–water partition coefficient (Wildman–Crippen LogP) is 6.41. The fraction of sp³-hybridized carbons (Fsp3) is 0.100. The minimum atomic E-state index is -4.70. The third-order valence-electron chi connectivity index (χ3n) is 4.33. The summed E-state index contributed by atoms with van der Waals surface area (Å²) in [6.45, 7) is 0.0499. The Hall–Kier alpha value is -2.78. The highest BCUT2D eigenvalue weighted by atomic mass is 35.5. The van der Waals surface area contributed by atoms with Crippen LogP contribution in [0, 0.1) is 5.82 Å². The Labute approximate surface area is 177 Å². The van der Waals surface area contributed by atoms with Crippen LogP contribution in [0.2, 0.25) is 5.02 Å². The molecule has 0 saturated heterocycles. The minimum Gasteiger partial charge on any atom is -0.332 e. The first-order valence-electron chi connectivity index (χ1n) is 8.61. The largest absolute Gasteiger partial charge is 0.418 e. The van der Waals surface area contributed by atoms with Gasteiger partial charge in [-0.2, -0.15) is 13.2 Å². The zero-order valence-electron chi connectivity index (χ0n) is 15.0. The monoisotopic (exact) mass is 453 g/mol. The van der Waals surface area contributed by atoms with Crippen LogP contribution in [0.25, 0.3) is 0 Å². The predicted molar refractivity (Wildman–Crippen MR) is 106 cm³/mol. The molecule has 4 nitrogen and oxygen atoms in total. The number of nitrogens with one attached hydrogen (secondary N) is 1. The number of para-hydroxylation sites is 1. The van der Waals surface area contributed by atoms with Gasteiger partial charge in [-0.3, -0.25) is 4.90 Å². The molecular weight excluding hydrogens is 442 g/mol. The minimum absolute atomic E-state index is 0.0499.